The van der Waals surface area contributed by atoms with Crippen LogP contribution in [0.3, 0.4) is 0 Å². The highest BCUT2D eigenvalue weighted by Crippen LogP contribution is 2.18. The summed E-state index contributed by atoms with van der Waals surface area (Å²) in [6.45, 7) is 6.32. The van der Waals surface area contributed by atoms with Crippen molar-refractivity contribution >= 4 is 16.9 Å². The summed E-state index contributed by atoms with van der Waals surface area (Å²) in [5, 5.41) is 3.63. The summed E-state index contributed by atoms with van der Waals surface area (Å²) in [5.74, 6) is 1.70. The summed E-state index contributed by atoms with van der Waals surface area (Å²) in [6, 6.07) is 8.65. The third-order valence-electron chi connectivity index (χ3n) is 4.75. The molecule has 0 spiro atoms. The highest BCUT2D eigenvalue weighted by atomic mass is 16.2. The van der Waals surface area contributed by atoms with Gasteiger partial charge < -0.3 is 14.8 Å². The Morgan fingerprint density at radius 2 is 2.18 bits per heavy atom. The molecule has 1 amide bonds. The molecule has 5 nitrogen and oxygen atoms in total. The van der Waals surface area contributed by atoms with E-state index in [1.54, 1.807) is 6.92 Å². The zero-order chi connectivity index (χ0) is 15.7. The lowest BCUT2D eigenvalue weighted by Gasteiger charge is -2.37. The van der Waals surface area contributed by atoms with Crippen molar-refractivity contribution in [3.8, 4) is 0 Å². The third-order valence-corrected chi connectivity index (χ3v) is 4.75. The van der Waals surface area contributed by atoms with Crippen LogP contribution in [-0.2, 0) is 18.4 Å². The van der Waals surface area contributed by atoms with Gasteiger partial charge in [0, 0.05) is 33.1 Å². The van der Waals surface area contributed by atoms with Crippen molar-refractivity contribution in [3.63, 3.8) is 0 Å². The number of rotatable bonds is 3. The number of para-hydroxylation sites is 2. The fourth-order valence-corrected chi connectivity index (χ4v) is 3.31. The molecule has 1 aliphatic rings. The van der Waals surface area contributed by atoms with Crippen molar-refractivity contribution in [2.24, 2.45) is 13.0 Å². The molecule has 3 rings (SSSR count). The average Bonchev–Trinajstić information content (AvgIpc) is 2.83. The minimum atomic E-state index is 0.181. The molecule has 118 valence electrons. The van der Waals surface area contributed by atoms with Crippen LogP contribution in [0.25, 0.3) is 11.0 Å². The number of fused-ring (bicyclic) bond motifs is 1. The maximum absolute atomic E-state index is 11.5. The number of likely N-dealkylation sites (tertiary alicyclic amines) is 1. The summed E-state index contributed by atoms with van der Waals surface area (Å²) in [4.78, 5) is 18.1. The van der Waals surface area contributed by atoms with Crippen LogP contribution >= 0.6 is 0 Å². The number of aryl methyl sites for hydroxylation is 1. The first-order valence-corrected chi connectivity index (χ1v) is 7.95. The van der Waals surface area contributed by atoms with Crippen LogP contribution in [0.5, 0.6) is 0 Å². The highest BCUT2D eigenvalue weighted by molar-refractivity contribution is 5.75. The maximum Gasteiger partial charge on any atom is 0.219 e. The van der Waals surface area contributed by atoms with Gasteiger partial charge in [0.15, 0.2) is 0 Å². The average molecular weight is 300 g/mol. The van der Waals surface area contributed by atoms with Gasteiger partial charge in [-0.1, -0.05) is 19.1 Å². The van der Waals surface area contributed by atoms with Gasteiger partial charge in [-0.3, -0.25) is 4.79 Å². The quantitative estimate of drug-likeness (QED) is 0.942. The van der Waals surface area contributed by atoms with Gasteiger partial charge in [0.05, 0.1) is 17.6 Å². The van der Waals surface area contributed by atoms with Crippen molar-refractivity contribution in [1.29, 1.82) is 0 Å². The Bertz CT molecular complexity index is 678. The fraction of sp³-hybridized carbons (Fsp3) is 0.529. The fourth-order valence-electron chi connectivity index (χ4n) is 3.31. The lowest BCUT2D eigenvalue weighted by molar-refractivity contribution is -0.130. The first-order valence-electron chi connectivity index (χ1n) is 7.95. The van der Waals surface area contributed by atoms with Crippen molar-refractivity contribution in [3.05, 3.63) is 30.1 Å². The number of piperidine rings is 1. The van der Waals surface area contributed by atoms with E-state index in [1.807, 2.05) is 23.1 Å². The van der Waals surface area contributed by atoms with E-state index in [0.717, 1.165) is 37.4 Å². The van der Waals surface area contributed by atoms with Gasteiger partial charge in [-0.05, 0) is 24.5 Å². The number of nitrogens with zero attached hydrogens (tertiary/aromatic N) is 3. The van der Waals surface area contributed by atoms with Crippen LogP contribution in [0.4, 0.5) is 0 Å². The van der Waals surface area contributed by atoms with E-state index in [1.165, 1.54) is 5.52 Å². The van der Waals surface area contributed by atoms with Crippen LogP contribution < -0.4 is 5.32 Å². The lowest BCUT2D eigenvalue weighted by Crippen LogP contribution is -2.49. The first-order chi connectivity index (χ1) is 10.6. The molecule has 1 saturated heterocycles. The third kappa shape index (κ3) is 2.86. The standard InChI is InChI=1S/C17H24N4O/c1-12-11-21(13(2)22)9-8-14(12)18-10-17-19-15-6-4-5-7-16(15)20(17)3/h4-7,12,14,18H,8-11H2,1-3H3/t12-,14+/m1/s1. The molecule has 0 saturated carbocycles. The number of amides is 1. The second-order valence-corrected chi connectivity index (χ2v) is 6.29. The van der Waals surface area contributed by atoms with Crippen molar-refractivity contribution in [2.45, 2.75) is 32.9 Å². The second kappa shape index (κ2) is 6.08. The minimum absolute atomic E-state index is 0.181. The van der Waals surface area contributed by atoms with E-state index in [2.05, 4.69) is 29.9 Å². The zero-order valence-corrected chi connectivity index (χ0v) is 13.5. The number of imidazole rings is 1. The molecule has 22 heavy (non-hydrogen) atoms. The highest BCUT2D eigenvalue weighted by Gasteiger charge is 2.27. The second-order valence-electron chi connectivity index (χ2n) is 6.29. The van der Waals surface area contributed by atoms with Gasteiger partial charge in [-0.25, -0.2) is 4.98 Å². The first kappa shape index (κ1) is 15.0. The van der Waals surface area contributed by atoms with E-state index < -0.39 is 0 Å². The molecule has 1 aromatic heterocycles. The molecule has 1 aliphatic heterocycles. The van der Waals surface area contributed by atoms with Crippen LogP contribution in [0.15, 0.2) is 24.3 Å². The van der Waals surface area contributed by atoms with E-state index in [0.29, 0.717) is 12.0 Å². The summed E-state index contributed by atoms with van der Waals surface area (Å²) in [6.07, 6.45) is 1.00. The molecule has 0 bridgehead atoms. The number of nitrogens with one attached hydrogen (secondary N) is 1. The van der Waals surface area contributed by atoms with Crippen molar-refractivity contribution in [2.75, 3.05) is 13.1 Å². The van der Waals surface area contributed by atoms with Gasteiger partial charge in [-0.15, -0.1) is 0 Å². The Morgan fingerprint density at radius 3 is 2.86 bits per heavy atom. The topological polar surface area (TPSA) is 50.2 Å². The Labute approximate surface area is 131 Å². The molecular weight excluding hydrogens is 276 g/mol. The molecule has 2 atom stereocenters. The molecule has 1 fully saturated rings. The minimum Gasteiger partial charge on any atom is -0.343 e. The molecule has 2 aromatic rings. The van der Waals surface area contributed by atoms with Crippen LogP contribution in [0.1, 0.15) is 26.1 Å². The van der Waals surface area contributed by atoms with E-state index >= 15 is 0 Å². The Balaban J connectivity index is 1.65. The van der Waals surface area contributed by atoms with Gasteiger partial charge in [0.2, 0.25) is 5.91 Å². The van der Waals surface area contributed by atoms with E-state index in [9.17, 15) is 4.79 Å². The van der Waals surface area contributed by atoms with E-state index in [4.69, 9.17) is 4.98 Å². The zero-order valence-electron chi connectivity index (χ0n) is 13.5. The van der Waals surface area contributed by atoms with Crippen LogP contribution in [-0.4, -0.2) is 39.5 Å². The maximum atomic E-state index is 11.5. The Morgan fingerprint density at radius 1 is 1.41 bits per heavy atom. The molecule has 2 heterocycles. The number of hydrogen-bond donors (Lipinski definition) is 1. The monoisotopic (exact) mass is 300 g/mol. The Hall–Kier alpha value is -1.88. The van der Waals surface area contributed by atoms with Gasteiger partial charge in [-0.2, -0.15) is 0 Å². The summed E-state index contributed by atoms with van der Waals surface area (Å²) in [5.41, 5.74) is 2.21. The number of hydrogen-bond acceptors (Lipinski definition) is 3. The SMILES string of the molecule is CC(=O)N1CC[C@H](NCc2nc3ccccc3n2C)[C@H](C)C1. The predicted molar refractivity (Wildman–Crippen MR) is 87.4 cm³/mol. The lowest BCUT2D eigenvalue weighted by atomic mass is 9.94. The molecule has 1 aromatic carbocycles. The number of carbonyl (C=O) groups is 1. The number of aromatic nitrogens is 2. The summed E-state index contributed by atoms with van der Waals surface area (Å²) < 4.78 is 2.15. The van der Waals surface area contributed by atoms with Gasteiger partial charge >= 0.3 is 0 Å². The molecular formula is C17H24N4O. The number of carbonyl (C=O) groups excluding carboxylic acids is 1. The Kier molecular flexibility index (Phi) is 4.16. The predicted octanol–water partition coefficient (Wildman–Crippen LogP) is 1.92. The molecule has 0 aliphatic carbocycles. The molecule has 1 N–H and O–H groups in total. The van der Waals surface area contributed by atoms with Crippen LogP contribution in [0.2, 0.25) is 0 Å². The number of benzene rings is 1. The van der Waals surface area contributed by atoms with Crippen molar-refractivity contribution < 1.29 is 4.79 Å². The van der Waals surface area contributed by atoms with E-state index in [-0.39, 0.29) is 5.91 Å². The molecule has 0 radical (unpaired) electrons. The largest absolute Gasteiger partial charge is 0.343 e. The smallest absolute Gasteiger partial charge is 0.219 e. The van der Waals surface area contributed by atoms with Crippen molar-refractivity contribution in [1.82, 2.24) is 19.8 Å². The van der Waals surface area contributed by atoms with Gasteiger partial charge in [0.1, 0.15) is 5.82 Å². The molecule has 0 unspecified atom stereocenters. The summed E-state index contributed by atoms with van der Waals surface area (Å²) >= 11 is 0. The van der Waals surface area contributed by atoms with Gasteiger partial charge in [0.25, 0.3) is 0 Å². The normalized spacial score (nSPS) is 22.2. The van der Waals surface area contributed by atoms with Crippen LogP contribution in [0, 0.1) is 5.92 Å². The molecule has 5 heteroatoms. The summed E-state index contributed by atoms with van der Waals surface area (Å²) in [7, 11) is 2.06.